The fourth-order valence-corrected chi connectivity index (χ4v) is 3.53. The number of carbonyl (C=O) groups is 1. The predicted octanol–water partition coefficient (Wildman–Crippen LogP) is 5.68. The van der Waals surface area contributed by atoms with Crippen LogP contribution in [0, 0.1) is 0 Å². The third-order valence-electron chi connectivity index (χ3n) is 5.03. The maximum atomic E-state index is 13.7. The SMILES string of the molecule is COc1ccccc1CCC(=O)Nc1ccc(-c2nc3ccccc3n2C(F)F)cc1. The molecule has 7 heteroatoms. The lowest BCUT2D eigenvalue weighted by Crippen LogP contribution is -2.12. The molecule has 0 unspecified atom stereocenters. The number of imidazole rings is 1. The molecular weight excluding hydrogens is 400 g/mol. The Morgan fingerprint density at radius 1 is 1.03 bits per heavy atom. The van der Waals surface area contributed by atoms with E-state index in [2.05, 4.69) is 10.3 Å². The van der Waals surface area contributed by atoms with Gasteiger partial charge in [-0.1, -0.05) is 30.3 Å². The van der Waals surface area contributed by atoms with Crippen molar-refractivity contribution >= 4 is 22.6 Å². The zero-order valence-corrected chi connectivity index (χ0v) is 16.9. The number of anilines is 1. The summed E-state index contributed by atoms with van der Waals surface area (Å²) in [5, 5.41) is 2.84. The van der Waals surface area contributed by atoms with Crippen molar-refractivity contribution in [2.45, 2.75) is 19.4 Å². The number of hydrogen-bond acceptors (Lipinski definition) is 3. The van der Waals surface area contributed by atoms with Gasteiger partial charge in [0.1, 0.15) is 11.6 Å². The van der Waals surface area contributed by atoms with Crippen LogP contribution in [0.3, 0.4) is 0 Å². The number of para-hydroxylation sites is 3. The lowest BCUT2D eigenvalue weighted by Gasteiger charge is -2.10. The monoisotopic (exact) mass is 421 g/mol. The quantitative estimate of drug-likeness (QED) is 0.418. The van der Waals surface area contributed by atoms with E-state index in [1.165, 1.54) is 0 Å². The second-order valence-corrected chi connectivity index (χ2v) is 7.01. The van der Waals surface area contributed by atoms with Crippen molar-refractivity contribution in [1.29, 1.82) is 0 Å². The number of alkyl halides is 2. The Kier molecular flexibility index (Phi) is 5.93. The summed E-state index contributed by atoms with van der Waals surface area (Å²) in [5.74, 6) is 0.797. The van der Waals surface area contributed by atoms with Gasteiger partial charge in [-0.2, -0.15) is 8.78 Å². The van der Waals surface area contributed by atoms with Gasteiger partial charge >= 0.3 is 6.55 Å². The van der Waals surface area contributed by atoms with Gasteiger partial charge in [0, 0.05) is 17.7 Å². The summed E-state index contributed by atoms with van der Waals surface area (Å²) in [6.07, 6.45) is 0.843. The van der Waals surface area contributed by atoms with E-state index in [0.29, 0.717) is 35.1 Å². The highest BCUT2D eigenvalue weighted by molar-refractivity contribution is 5.91. The normalized spacial score (nSPS) is 11.1. The van der Waals surface area contributed by atoms with Crippen molar-refractivity contribution in [2.24, 2.45) is 0 Å². The Labute approximate surface area is 178 Å². The summed E-state index contributed by atoms with van der Waals surface area (Å²) >= 11 is 0. The Bertz CT molecular complexity index is 1200. The average Bonchev–Trinajstić information content (AvgIpc) is 3.18. The van der Waals surface area contributed by atoms with Crippen LogP contribution in [-0.4, -0.2) is 22.6 Å². The maximum Gasteiger partial charge on any atom is 0.320 e. The van der Waals surface area contributed by atoms with Gasteiger partial charge in [-0.15, -0.1) is 0 Å². The third-order valence-corrected chi connectivity index (χ3v) is 5.03. The number of benzene rings is 3. The number of carbonyl (C=O) groups excluding carboxylic acids is 1. The third kappa shape index (κ3) is 4.40. The van der Waals surface area contributed by atoms with E-state index >= 15 is 0 Å². The molecule has 1 aromatic heterocycles. The molecule has 31 heavy (non-hydrogen) atoms. The highest BCUT2D eigenvalue weighted by atomic mass is 19.3. The fourth-order valence-electron chi connectivity index (χ4n) is 3.53. The lowest BCUT2D eigenvalue weighted by molar-refractivity contribution is -0.116. The molecule has 1 amide bonds. The molecule has 0 saturated carbocycles. The van der Waals surface area contributed by atoms with Crippen molar-refractivity contribution in [1.82, 2.24) is 9.55 Å². The first kappa shape index (κ1) is 20.5. The second kappa shape index (κ2) is 8.95. The Morgan fingerprint density at radius 3 is 2.48 bits per heavy atom. The first-order valence-electron chi connectivity index (χ1n) is 9.84. The number of methoxy groups -OCH3 is 1. The second-order valence-electron chi connectivity index (χ2n) is 7.01. The van der Waals surface area contributed by atoms with Crippen LogP contribution in [0.4, 0.5) is 14.5 Å². The van der Waals surface area contributed by atoms with E-state index < -0.39 is 6.55 Å². The van der Waals surface area contributed by atoms with E-state index in [1.54, 1.807) is 55.6 Å². The summed E-state index contributed by atoms with van der Waals surface area (Å²) in [6, 6.07) is 21.1. The molecule has 0 saturated heterocycles. The molecule has 1 N–H and O–H groups in total. The zero-order chi connectivity index (χ0) is 21.8. The summed E-state index contributed by atoms with van der Waals surface area (Å²) in [7, 11) is 1.60. The average molecular weight is 421 g/mol. The molecule has 0 bridgehead atoms. The van der Waals surface area contributed by atoms with Crippen molar-refractivity contribution in [3.63, 3.8) is 0 Å². The predicted molar refractivity (Wildman–Crippen MR) is 116 cm³/mol. The molecular formula is C24H21F2N3O2. The summed E-state index contributed by atoms with van der Waals surface area (Å²) < 4.78 is 33.5. The van der Waals surface area contributed by atoms with Crippen LogP contribution in [-0.2, 0) is 11.2 Å². The molecule has 1 heterocycles. The Hall–Kier alpha value is -3.74. The Balaban J connectivity index is 1.47. The number of halogens is 2. The van der Waals surface area contributed by atoms with Gasteiger partial charge in [0.25, 0.3) is 0 Å². The van der Waals surface area contributed by atoms with Crippen molar-refractivity contribution in [3.05, 3.63) is 78.4 Å². The van der Waals surface area contributed by atoms with Gasteiger partial charge in [-0.3, -0.25) is 9.36 Å². The highest BCUT2D eigenvalue weighted by Crippen LogP contribution is 2.30. The fraction of sp³-hybridized carbons (Fsp3) is 0.167. The number of fused-ring (bicyclic) bond motifs is 1. The minimum atomic E-state index is -2.71. The first-order valence-corrected chi connectivity index (χ1v) is 9.84. The molecule has 0 atom stereocenters. The molecule has 4 aromatic rings. The Morgan fingerprint density at radius 2 is 1.74 bits per heavy atom. The molecule has 0 aliphatic carbocycles. The maximum absolute atomic E-state index is 13.7. The van der Waals surface area contributed by atoms with E-state index in [4.69, 9.17) is 4.74 Å². The number of ether oxygens (including phenoxy) is 1. The standard InChI is InChI=1S/C24H21F2N3O2/c1-31-21-9-5-2-6-16(21)12-15-22(30)27-18-13-10-17(11-14-18)23-28-19-7-3-4-8-20(19)29(23)24(25)26/h2-11,13-14,24H,12,15H2,1H3,(H,27,30). The van der Waals surface area contributed by atoms with Gasteiger partial charge in [0.05, 0.1) is 18.1 Å². The topological polar surface area (TPSA) is 56.1 Å². The van der Waals surface area contributed by atoms with E-state index in [-0.39, 0.29) is 11.7 Å². The molecule has 5 nitrogen and oxygen atoms in total. The molecule has 158 valence electrons. The number of aryl methyl sites for hydroxylation is 1. The van der Waals surface area contributed by atoms with Crippen molar-refractivity contribution in [3.8, 4) is 17.1 Å². The number of nitrogens with one attached hydrogen (secondary N) is 1. The molecule has 4 rings (SSSR count). The van der Waals surface area contributed by atoms with E-state index in [1.807, 2.05) is 24.3 Å². The number of aromatic nitrogens is 2. The smallest absolute Gasteiger partial charge is 0.320 e. The van der Waals surface area contributed by atoms with Crippen LogP contribution in [0.5, 0.6) is 5.75 Å². The molecule has 0 aliphatic heterocycles. The molecule has 0 radical (unpaired) electrons. The van der Waals surface area contributed by atoms with Crippen LogP contribution in [0.25, 0.3) is 22.4 Å². The van der Waals surface area contributed by atoms with Gasteiger partial charge in [0.15, 0.2) is 0 Å². The minimum absolute atomic E-state index is 0.140. The molecule has 0 spiro atoms. The van der Waals surface area contributed by atoms with Crippen LogP contribution in [0.15, 0.2) is 72.8 Å². The van der Waals surface area contributed by atoms with Gasteiger partial charge in [-0.05, 0) is 54.4 Å². The summed E-state index contributed by atoms with van der Waals surface area (Å²) in [4.78, 5) is 16.7. The lowest BCUT2D eigenvalue weighted by atomic mass is 10.1. The number of hydrogen-bond donors (Lipinski definition) is 1. The highest BCUT2D eigenvalue weighted by Gasteiger charge is 2.18. The summed E-state index contributed by atoms with van der Waals surface area (Å²) in [5.41, 5.74) is 2.98. The van der Waals surface area contributed by atoms with Gasteiger partial charge in [0.2, 0.25) is 5.91 Å². The largest absolute Gasteiger partial charge is 0.496 e. The van der Waals surface area contributed by atoms with Crippen LogP contribution < -0.4 is 10.1 Å². The number of nitrogens with zero attached hydrogens (tertiary/aromatic N) is 2. The molecule has 3 aromatic carbocycles. The van der Waals surface area contributed by atoms with Crippen molar-refractivity contribution < 1.29 is 18.3 Å². The van der Waals surface area contributed by atoms with Gasteiger partial charge in [-0.25, -0.2) is 4.98 Å². The number of rotatable bonds is 7. The van der Waals surface area contributed by atoms with Crippen LogP contribution in [0.2, 0.25) is 0 Å². The van der Waals surface area contributed by atoms with Crippen molar-refractivity contribution in [2.75, 3.05) is 12.4 Å². The number of amides is 1. The minimum Gasteiger partial charge on any atom is -0.496 e. The summed E-state index contributed by atoms with van der Waals surface area (Å²) in [6.45, 7) is -2.71. The van der Waals surface area contributed by atoms with E-state index in [9.17, 15) is 13.6 Å². The van der Waals surface area contributed by atoms with Gasteiger partial charge < -0.3 is 10.1 Å². The molecule has 0 fully saturated rings. The van der Waals surface area contributed by atoms with Crippen LogP contribution >= 0.6 is 0 Å². The van der Waals surface area contributed by atoms with Crippen LogP contribution in [0.1, 0.15) is 18.5 Å². The first-order chi connectivity index (χ1) is 15.1. The van der Waals surface area contributed by atoms with E-state index in [0.717, 1.165) is 15.9 Å². The molecule has 0 aliphatic rings. The zero-order valence-electron chi connectivity index (χ0n) is 16.9.